The lowest BCUT2D eigenvalue weighted by Gasteiger charge is -2.39. The maximum Gasteiger partial charge on any atom is 0.192 e. The molecule has 1 unspecified atom stereocenters. The summed E-state index contributed by atoms with van der Waals surface area (Å²) in [6.45, 7) is 16.7. The van der Waals surface area contributed by atoms with E-state index in [1.54, 1.807) is 12.1 Å². The third-order valence-electron chi connectivity index (χ3n) is 5.53. The van der Waals surface area contributed by atoms with E-state index in [0.29, 0.717) is 17.7 Å². The van der Waals surface area contributed by atoms with Gasteiger partial charge in [0, 0.05) is 16.5 Å². The number of rotatable bonds is 6. The Morgan fingerprint density at radius 2 is 1.82 bits per heavy atom. The largest absolute Gasteiger partial charge is 0.411 e. The van der Waals surface area contributed by atoms with E-state index in [1.807, 2.05) is 20.8 Å². The quantitative estimate of drug-likeness (QED) is 0.326. The van der Waals surface area contributed by atoms with Gasteiger partial charge in [-0.1, -0.05) is 36.7 Å². The topological polar surface area (TPSA) is 38.7 Å². The fourth-order valence-electron chi connectivity index (χ4n) is 2.59. The first-order valence-electron chi connectivity index (χ1n) is 9.72. The van der Waals surface area contributed by atoms with Crippen molar-refractivity contribution in [3.05, 3.63) is 34.1 Å². The van der Waals surface area contributed by atoms with Crippen LogP contribution in [0, 0.1) is 5.82 Å². The molecule has 2 rings (SSSR count). The van der Waals surface area contributed by atoms with Gasteiger partial charge in [-0.25, -0.2) is 8.60 Å². The molecule has 1 aromatic carbocycles. The van der Waals surface area contributed by atoms with Crippen LogP contribution >= 0.6 is 15.9 Å². The Labute approximate surface area is 181 Å². The molecular formula is C21H33BrFNO2SSi. The lowest BCUT2D eigenvalue weighted by molar-refractivity contribution is 0.166. The second-order valence-corrected chi connectivity index (χ2v) is 17.8. The van der Waals surface area contributed by atoms with Crippen LogP contribution in [-0.4, -0.2) is 28.6 Å². The van der Waals surface area contributed by atoms with Gasteiger partial charge in [0.05, 0.1) is 16.1 Å². The second kappa shape index (κ2) is 8.04. The Kier molecular flexibility index (Phi) is 6.87. The average molecular weight is 491 g/mol. The molecule has 0 heterocycles. The summed E-state index contributed by atoms with van der Waals surface area (Å²) in [7, 11) is -3.45. The van der Waals surface area contributed by atoms with Gasteiger partial charge in [0.25, 0.3) is 0 Å². The Balaban J connectivity index is 2.43. The molecule has 0 bridgehead atoms. The van der Waals surface area contributed by atoms with Crippen molar-refractivity contribution < 1.29 is 13.0 Å². The van der Waals surface area contributed by atoms with Gasteiger partial charge in [-0.3, -0.25) is 0 Å². The summed E-state index contributed by atoms with van der Waals surface area (Å²) < 4.78 is 38.9. The lowest BCUT2D eigenvalue weighted by atomic mass is 10.0. The smallest absolute Gasteiger partial charge is 0.192 e. The molecule has 1 aliphatic rings. The summed E-state index contributed by atoms with van der Waals surface area (Å²) in [4.78, 5) is 0. The summed E-state index contributed by atoms with van der Waals surface area (Å²) in [6, 6.07) is 4.80. The van der Waals surface area contributed by atoms with Crippen LogP contribution in [0.5, 0.6) is 0 Å². The summed E-state index contributed by atoms with van der Waals surface area (Å²) in [5.74, 6) is -0.351. The first-order valence-corrected chi connectivity index (χ1v) is 14.5. The highest BCUT2D eigenvalue weighted by atomic mass is 79.9. The minimum absolute atomic E-state index is 0.0924. The van der Waals surface area contributed by atoms with E-state index < -0.39 is 24.1 Å². The number of benzene rings is 1. The van der Waals surface area contributed by atoms with Crippen molar-refractivity contribution in [2.75, 3.05) is 0 Å². The summed E-state index contributed by atoms with van der Waals surface area (Å²) in [6.07, 6.45) is 2.33. The molecule has 28 heavy (non-hydrogen) atoms. The van der Waals surface area contributed by atoms with Gasteiger partial charge in [0.1, 0.15) is 16.8 Å². The van der Waals surface area contributed by atoms with Gasteiger partial charge < -0.3 is 4.43 Å². The molecule has 0 aromatic heterocycles. The molecule has 0 N–H and O–H groups in total. The van der Waals surface area contributed by atoms with Crippen LogP contribution in [0.2, 0.25) is 18.1 Å². The molecule has 0 aliphatic heterocycles. The minimum atomic E-state index is -1.98. The van der Waals surface area contributed by atoms with Gasteiger partial charge in [0.15, 0.2) is 8.32 Å². The Hall–Kier alpha value is -0.373. The van der Waals surface area contributed by atoms with E-state index in [0.717, 1.165) is 17.3 Å². The van der Waals surface area contributed by atoms with Crippen LogP contribution in [0.25, 0.3) is 0 Å². The maximum atomic E-state index is 14.7. The summed E-state index contributed by atoms with van der Waals surface area (Å²) in [5, 5.41) is 0.0924. The third-order valence-corrected chi connectivity index (χ3v) is 12.0. The molecule has 3 nitrogen and oxygen atoms in total. The zero-order valence-electron chi connectivity index (χ0n) is 18.3. The molecule has 158 valence electrons. The van der Waals surface area contributed by atoms with Gasteiger partial charge in [-0.05, 0) is 69.9 Å². The van der Waals surface area contributed by atoms with E-state index in [4.69, 9.17) is 4.43 Å². The number of halogens is 2. The van der Waals surface area contributed by atoms with E-state index in [2.05, 4.69) is 54.2 Å². The fraction of sp³-hybridized carbons (Fsp3) is 0.667. The van der Waals surface area contributed by atoms with Gasteiger partial charge in [-0.2, -0.15) is 4.40 Å². The first kappa shape index (κ1) is 23.9. The van der Waals surface area contributed by atoms with E-state index in [1.165, 1.54) is 6.07 Å². The summed E-state index contributed by atoms with van der Waals surface area (Å²) >= 11 is 3.42. The molecule has 1 fully saturated rings. The molecule has 1 aromatic rings. The van der Waals surface area contributed by atoms with Crippen molar-refractivity contribution in [2.24, 2.45) is 4.40 Å². The van der Waals surface area contributed by atoms with Crippen LogP contribution in [0.3, 0.4) is 0 Å². The predicted octanol–water partition coefficient (Wildman–Crippen LogP) is 6.78. The molecule has 0 saturated heterocycles. The highest BCUT2D eigenvalue weighted by Crippen LogP contribution is 2.50. The molecular weight excluding hydrogens is 457 g/mol. The van der Waals surface area contributed by atoms with Crippen LogP contribution in [0.4, 0.5) is 4.39 Å². The van der Waals surface area contributed by atoms with Crippen LogP contribution in [-0.2, 0) is 15.4 Å². The standard InChI is InChI=1S/C21H33BrFNO2SSi/c1-19(2,3)27(25)24-18(16-13-15(22)9-10-17(16)23)14-21(11-12-21)26-28(7,8)20(4,5)6/h9-10,13H,11-12,14H2,1-8H3. The Morgan fingerprint density at radius 3 is 2.29 bits per heavy atom. The monoisotopic (exact) mass is 489 g/mol. The second-order valence-electron chi connectivity index (χ2n) is 10.2. The molecule has 1 saturated carbocycles. The van der Waals surface area contributed by atoms with Crippen molar-refractivity contribution in [1.82, 2.24) is 0 Å². The van der Waals surface area contributed by atoms with E-state index in [9.17, 15) is 8.60 Å². The normalized spacial score (nSPS) is 18.9. The van der Waals surface area contributed by atoms with Crippen molar-refractivity contribution in [3.8, 4) is 0 Å². The first-order chi connectivity index (χ1) is 12.6. The minimum Gasteiger partial charge on any atom is -0.411 e. The molecule has 0 amide bonds. The van der Waals surface area contributed by atoms with E-state index in [-0.39, 0.29) is 16.5 Å². The lowest BCUT2D eigenvalue weighted by Crippen LogP contribution is -2.45. The SMILES string of the molecule is CC(C)(C)S(=O)N=C(CC1(O[Si](C)(C)C(C)(C)C)CC1)c1cc(Br)ccc1F. The van der Waals surface area contributed by atoms with Crippen molar-refractivity contribution in [1.29, 1.82) is 0 Å². The van der Waals surface area contributed by atoms with Crippen molar-refractivity contribution in [2.45, 2.75) is 89.3 Å². The third kappa shape index (κ3) is 5.83. The van der Waals surface area contributed by atoms with Gasteiger partial charge in [0.2, 0.25) is 0 Å². The zero-order chi connectivity index (χ0) is 21.5. The molecule has 0 spiro atoms. The van der Waals surface area contributed by atoms with Gasteiger partial charge >= 0.3 is 0 Å². The van der Waals surface area contributed by atoms with Crippen molar-refractivity contribution >= 4 is 40.9 Å². The predicted molar refractivity (Wildman–Crippen MR) is 123 cm³/mol. The highest BCUT2D eigenvalue weighted by molar-refractivity contribution is 9.10. The highest BCUT2D eigenvalue weighted by Gasteiger charge is 2.52. The van der Waals surface area contributed by atoms with Gasteiger partial charge in [-0.15, -0.1) is 0 Å². The van der Waals surface area contributed by atoms with Crippen LogP contribution in [0.15, 0.2) is 27.1 Å². The zero-order valence-corrected chi connectivity index (χ0v) is 21.7. The van der Waals surface area contributed by atoms with Crippen LogP contribution in [0.1, 0.15) is 66.4 Å². The number of hydrogen-bond donors (Lipinski definition) is 0. The molecule has 1 atom stereocenters. The Bertz CT molecular complexity index is 793. The fourth-order valence-corrected chi connectivity index (χ4v) is 5.25. The maximum absolute atomic E-state index is 14.7. The molecule has 7 heteroatoms. The Morgan fingerprint density at radius 1 is 1.25 bits per heavy atom. The average Bonchev–Trinajstić information content (AvgIpc) is 3.25. The van der Waals surface area contributed by atoms with Crippen molar-refractivity contribution in [3.63, 3.8) is 0 Å². The number of hydrogen-bond acceptors (Lipinski definition) is 2. The number of nitrogens with zero attached hydrogens (tertiary/aromatic N) is 1. The summed E-state index contributed by atoms with van der Waals surface area (Å²) in [5.41, 5.74) is 0.610. The van der Waals surface area contributed by atoms with E-state index >= 15 is 0 Å². The molecule has 0 radical (unpaired) electrons. The molecule has 1 aliphatic carbocycles. The van der Waals surface area contributed by atoms with Crippen LogP contribution < -0.4 is 0 Å².